The highest BCUT2D eigenvalue weighted by Gasteiger charge is 2.24. The zero-order chi connectivity index (χ0) is 60.8. The van der Waals surface area contributed by atoms with E-state index in [9.17, 15) is 28.8 Å². The second kappa shape index (κ2) is 40.2. The molecule has 0 radical (unpaired) electrons. The third-order valence-electron chi connectivity index (χ3n) is 12.8. The highest BCUT2D eigenvalue weighted by molar-refractivity contribution is 5.99. The number of carbonyl (C=O) groups excluding carboxylic acids is 6. The molecule has 0 fully saturated rings. The second-order valence-corrected chi connectivity index (χ2v) is 20.4. The molecule has 0 spiro atoms. The van der Waals surface area contributed by atoms with Crippen molar-refractivity contribution in [2.75, 3.05) is 6.61 Å². The molecule has 9 heteroatoms. The zero-order valence-electron chi connectivity index (χ0n) is 50.2. The first-order chi connectivity index (χ1) is 39.4. The molecule has 0 aliphatic rings. The molecule has 0 saturated carbocycles. The first kappa shape index (κ1) is 70.1. The van der Waals surface area contributed by atoms with Gasteiger partial charge in [-0.15, -0.1) is 39.5 Å². The summed E-state index contributed by atoms with van der Waals surface area (Å²) in [5, 5.41) is 0. The number of hydrogen-bond acceptors (Lipinski definition) is 9. The molecule has 0 bridgehead atoms. The Morgan fingerprint density at radius 3 is 1.18 bits per heavy atom. The van der Waals surface area contributed by atoms with Crippen molar-refractivity contribution in [3.8, 4) is 0 Å². The average Bonchev–Trinajstić information content (AvgIpc) is 3.59. The number of rotatable bonds is 34. The highest BCUT2D eigenvalue weighted by atomic mass is 16.5. The van der Waals surface area contributed by atoms with E-state index in [1.807, 2.05) is 145 Å². The molecule has 4 rings (SSSR count). The lowest BCUT2D eigenvalue weighted by atomic mass is 9.95. The summed E-state index contributed by atoms with van der Waals surface area (Å²) < 4.78 is 16.9. The molecule has 82 heavy (non-hydrogen) atoms. The smallest absolute Gasteiger partial charge is 0.338 e. The Hall–Kier alpha value is -8.04. The van der Waals surface area contributed by atoms with E-state index in [-0.39, 0.29) is 60.8 Å². The predicted octanol–water partition coefficient (Wildman–Crippen LogP) is 16.8. The van der Waals surface area contributed by atoms with Crippen LogP contribution < -0.4 is 0 Å². The van der Waals surface area contributed by atoms with E-state index in [4.69, 9.17) is 14.2 Å². The molecular weight excluding hydrogens is 1020 g/mol. The summed E-state index contributed by atoms with van der Waals surface area (Å²) in [5.74, 6) is -1.20. The van der Waals surface area contributed by atoms with Crippen molar-refractivity contribution in [3.05, 3.63) is 251 Å². The highest BCUT2D eigenvalue weighted by Crippen LogP contribution is 2.25. The maximum Gasteiger partial charge on any atom is 0.338 e. The molecule has 0 unspecified atom stereocenters. The lowest BCUT2D eigenvalue weighted by Gasteiger charge is -2.19. The van der Waals surface area contributed by atoms with Crippen molar-refractivity contribution in [2.45, 2.75) is 157 Å². The fourth-order valence-corrected chi connectivity index (χ4v) is 9.18. The van der Waals surface area contributed by atoms with Crippen LogP contribution in [0, 0.1) is 41.5 Å². The van der Waals surface area contributed by atoms with Gasteiger partial charge in [-0.2, -0.15) is 0 Å². The lowest BCUT2D eigenvalue weighted by molar-refractivity contribution is -0.114. The summed E-state index contributed by atoms with van der Waals surface area (Å²) in [6, 6.07) is 21.5. The minimum absolute atomic E-state index is 0.0192. The normalized spacial score (nSPS) is 11.5. The molecule has 0 N–H and O–H groups in total. The van der Waals surface area contributed by atoms with E-state index in [0.29, 0.717) is 54.5 Å². The van der Waals surface area contributed by atoms with Gasteiger partial charge in [-0.05, 0) is 150 Å². The molecule has 4 aromatic carbocycles. The molecule has 436 valence electrons. The van der Waals surface area contributed by atoms with Crippen LogP contribution in [0.5, 0.6) is 0 Å². The van der Waals surface area contributed by atoms with E-state index in [1.54, 1.807) is 36.5 Å². The van der Waals surface area contributed by atoms with Crippen LogP contribution in [0.4, 0.5) is 0 Å². The maximum atomic E-state index is 13.2. The fraction of sp³-hybridized carbons (Fsp3) is 0.342. The van der Waals surface area contributed by atoms with Gasteiger partial charge in [0, 0.05) is 38.5 Å². The summed E-state index contributed by atoms with van der Waals surface area (Å²) in [6.45, 7) is 36.0. The van der Waals surface area contributed by atoms with Crippen LogP contribution in [0.25, 0.3) is 0 Å². The van der Waals surface area contributed by atoms with Crippen LogP contribution in [0.3, 0.4) is 0 Å². The number of hydrogen-bond donors (Lipinski definition) is 0. The second-order valence-electron chi connectivity index (χ2n) is 20.4. The Kier molecular flexibility index (Phi) is 34.3. The number of ketones is 3. The number of ether oxygens (including phenoxy) is 3. The van der Waals surface area contributed by atoms with E-state index < -0.39 is 5.97 Å². The zero-order valence-corrected chi connectivity index (χ0v) is 50.2. The predicted molar refractivity (Wildman–Crippen MR) is 338 cm³/mol. The molecular formula is C73H90O9. The summed E-state index contributed by atoms with van der Waals surface area (Å²) in [4.78, 5) is 75.3. The van der Waals surface area contributed by atoms with Gasteiger partial charge in [0.15, 0.2) is 17.3 Å². The number of carbonyl (C=O) groups is 6. The van der Waals surface area contributed by atoms with Crippen LogP contribution in [-0.4, -0.2) is 54.1 Å². The minimum atomic E-state index is -0.390. The Labute approximate surface area is 491 Å². The first-order valence-corrected chi connectivity index (χ1v) is 28.5. The largest absolute Gasteiger partial charge is 0.462 e. The molecule has 9 nitrogen and oxygen atoms in total. The van der Waals surface area contributed by atoms with Gasteiger partial charge in [0.2, 0.25) is 0 Å². The Bertz CT molecular complexity index is 2890. The Morgan fingerprint density at radius 1 is 0.451 bits per heavy atom. The lowest BCUT2D eigenvalue weighted by Crippen LogP contribution is -2.22. The molecule has 0 aromatic heterocycles. The monoisotopic (exact) mass is 1110 g/mol. The summed E-state index contributed by atoms with van der Waals surface area (Å²) in [7, 11) is 0. The van der Waals surface area contributed by atoms with E-state index in [2.05, 4.69) is 46.4 Å². The van der Waals surface area contributed by atoms with E-state index >= 15 is 0 Å². The van der Waals surface area contributed by atoms with Gasteiger partial charge in [-0.3, -0.25) is 14.4 Å². The summed E-state index contributed by atoms with van der Waals surface area (Å²) in [5.41, 5.74) is 10.3. The van der Waals surface area contributed by atoms with Gasteiger partial charge in [-0.1, -0.05) is 151 Å². The van der Waals surface area contributed by atoms with Crippen LogP contribution in [0.1, 0.15) is 164 Å². The van der Waals surface area contributed by atoms with Crippen LogP contribution >= 0.6 is 0 Å². The van der Waals surface area contributed by atoms with Gasteiger partial charge < -0.3 is 14.2 Å². The van der Waals surface area contributed by atoms with Gasteiger partial charge in [-0.25, -0.2) is 14.4 Å². The number of unbranched alkanes of at least 4 members (excludes halogenated alkanes) is 3. The van der Waals surface area contributed by atoms with E-state index in [1.165, 1.54) is 0 Å². The number of esters is 3. The maximum absolute atomic E-state index is 13.2. The minimum Gasteiger partial charge on any atom is -0.462 e. The number of allylic oxidation sites excluding steroid dienone is 9. The molecule has 0 saturated heterocycles. The third kappa shape index (κ3) is 26.9. The molecule has 0 aliphatic carbocycles. The summed E-state index contributed by atoms with van der Waals surface area (Å²) >= 11 is 0. The van der Waals surface area contributed by atoms with Crippen molar-refractivity contribution in [1.82, 2.24) is 0 Å². The average molecular weight is 1110 g/mol. The molecule has 0 heterocycles. The molecule has 2 atom stereocenters. The third-order valence-corrected chi connectivity index (χ3v) is 12.8. The van der Waals surface area contributed by atoms with Crippen molar-refractivity contribution >= 4 is 35.3 Å². The van der Waals surface area contributed by atoms with Crippen molar-refractivity contribution in [3.63, 3.8) is 0 Å². The van der Waals surface area contributed by atoms with E-state index in [0.717, 1.165) is 101 Å². The van der Waals surface area contributed by atoms with Crippen molar-refractivity contribution in [2.24, 2.45) is 0 Å². The first-order valence-electron chi connectivity index (χ1n) is 28.5. The van der Waals surface area contributed by atoms with Gasteiger partial charge >= 0.3 is 17.9 Å². The number of aryl methyl sites for hydroxylation is 6. The van der Waals surface area contributed by atoms with Crippen LogP contribution in [0.2, 0.25) is 0 Å². The fourth-order valence-electron chi connectivity index (χ4n) is 9.18. The van der Waals surface area contributed by atoms with Crippen LogP contribution in [0.15, 0.2) is 179 Å². The Balaban J connectivity index is 0.000000424. The Morgan fingerprint density at radius 2 is 0.817 bits per heavy atom. The molecule has 0 amide bonds. The standard InChI is InChI=1S/C28H32O3.C24H32O3.C21H26O3/c1-5-7-8-12-16-25(29)20-24-18-21(3)17-22(4)27(24)28(30)31-26(13-6-2)19-23-14-10-9-11-15-23;1-6-9-10-11-14-21(25)17-20-16-18(4)15-19(5)23(20)24(26)27-22(12-7-2)13-8-3;1-5-7-9-10-11-19(22)15-18-14-16(3)13-17(4)20(18)21(23)24-12-8-6-2/h5-6,9-12,14-18,26H,1-2,7-8,13,19-20H2,3-4H3;6-7,11,14-16,22H,1-2,8-10,12-13,17H2,3-5H3;5-6,10-11,13-14H,1-2,7-9,12,15H2,3-4H3/b16-12+;14-11+;11-10+/t26-;22-;/m00./s1. The number of benzene rings is 4. The van der Waals surface area contributed by atoms with Gasteiger partial charge in [0.25, 0.3) is 0 Å². The quantitative estimate of drug-likeness (QED) is 0.0148. The van der Waals surface area contributed by atoms with Crippen LogP contribution in [-0.2, 0) is 54.3 Å². The molecule has 4 aromatic rings. The van der Waals surface area contributed by atoms with Gasteiger partial charge in [0.05, 0.1) is 23.3 Å². The van der Waals surface area contributed by atoms with Crippen molar-refractivity contribution < 1.29 is 43.0 Å². The SMILES string of the molecule is C=CCC/C=C/C(=O)Cc1cc(C)cc(C)c1C(=O)OCCC=C.C=CCC/C=C/C(=O)Cc1cc(C)cc(C)c1C(=O)O[C@@H](CC=C)CCC.C=CCC/C=C/C(=O)Cc1cc(C)cc(C)c1C(=O)O[C@@H](CC=C)Cc1ccccc1. The topological polar surface area (TPSA) is 130 Å². The summed E-state index contributed by atoms with van der Waals surface area (Å²) in [6.07, 6.45) is 30.1. The van der Waals surface area contributed by atoms with Crippen molar-refractivity contribution in [1.29, 1.82) is 0 Å². The van der Waals surface area contributed by atoms with Gasteiger partial charge in [0.1, 0.15) is 12.2 Å². The molecule has 0 aliphatic heterocycles.